The zero-order valence-electron chi connectivity index (χ0n) is 17.3. The van der Waals surface area contributed by atoms with Gasteiger partial charge in [-0.1, -0.05) is 55.3 Å². The van der Waals surface area contributed by atoms with Gasteiger partial charge >= 0.3 is 0 Å². The Balaban J connectivity index is 1.45. The Morgan fingerprint density at radius 1 is 1.03 bits per heavy atom. The lowest BCUT2D eigenvalue weighted by atomic mass is 9.79. The van der Waals surface area contributed by atoms with E-state index in [0.717, 1.165) is 56.4 Å². The molecule has 5 nitrogen and oxygen atoms in total. The van der Waals surface area contributed by atoms with Crippen LogP contribution in [0.1, 0.15) is 42.4 Å². The molecule has 1 N–H and O–H groups in total. The molecule has 0 aromatic heterocycles. The first kappa shape index (κ1) is 20.6. The van der Waals surface area contributed by atoms with Crippen molar-refractivity contribution in [1.29, 1.82) is 5.26 Å². The van der Waals surface area contributed by atoms with E-state index in [1.807, 2.05) is 59.5 Å². The minimum atomic E-state index is -1.43. The number of nitriles is 1. The molecule has 1 saturated carbocycles. The van der Waals surface area contributed by atoms with Crippen LogP contribution >= 0.6 is 0 Å². The number of hydrogen-bond donors (Lipinski definition) is 1. The predicted molar refractivity (Wildman–Crippen MR) is 115 cm³/mol. The van der Waals surface area contributed by atoms with E-state index in [-0.39, 0.29) is 11.8 Å². The van der Waals surface area contributed by atoms with Crippen LogP contribution in [0.4, 0.5) is 0 Å². The fourth-order valence-corrected chi connectivity index (χ4v) is 4.92. The van der Waals surface area contributed by atoms with Crippen molar-refractivity contribution >= 4 is 5.91 Å². The maximum atomic E-state index is 13.6. The highest BCUT2D eigenvalue weighted by molar-refractivity contribution is 5.87. The van der Waals surface area contributed by atoms with Gasteiger partial charge in [0, 0.05) is 38.6 Å². The monoisotopic (exact) mass is 403 g/mol. The SMILES string of the molecule is N#Cc1cccc(CN2CCN(C(=O)[C@](O)(c3ccccc3)C3CCCC3)CC2)c1. The van der Waals surface area contributed by atoms with Crippen molar-refractivity contribution < 1.29 is 9.90 Å². The van der Waals surface area contributed by atoms with Crippen LogP contribution in [0.15, 0.2) is 54.6 Å². The number of amides is 1. The van der Waals surface area contributed by atoms with Crippen molar-refractivity contribution in [2.75, 3.05) is 26.2 Å². The van der Waals surface area contributed by atoms with Crippen molar-refractivity contribution in [2.24, 2.45) is 5.92 Å². The fraction of sp³-hybridized carbons (Fsp3) is 0.440. The molecule has 5 heteroatoms. The van der Waals surface area contributed by atoms with Crippen LogP contribution in [0.2, 0.25) is 0 Å². The molecule has 1 atom stereocenters. The molecule has 2 aromatic rings. The predicted octanol–water partition coefficient (Wildman–Crippen LogP) is 3.28. The largest absolute Gasteiger partial charge is 0.375 e. The van der Waals surface area contributed by atoms with Gasteiger partial charge in [0.05, 0.1) is 11.6 Å². The van der Waals surface area contributed by atoms with Crippen LogP contribution in [0, 0.1) is 17.2 Å². The molecule has 156 valence electrons. The molecule has 0 radical (unpaired) electrons. The summed E-state index contributed by atoms with van der Waals surface area (Å²) in [4.78, 5) is 17.7. The van der Waals surface area contributed by atoms with Crippen LogP contribution in [0.5, 0.6) is 0 Å². The average molecular weight is 404 g/mol. The summed E-state index contributed by atoms with van der Waals surface area (Å²) in [5.74, 6) is -0.161. The second-order valence-electron chi connectivity index (χ2n) is 8.49. The number of rotatable bonds is 5. The molecule has 1 heterocycles. The summed E-state index contributed by atoms with van der Waals surface area (Å²) in [6.07, 6.45) is 3.93. The lowest BCUT2D eigenvalue weighted by molar-refractivity contribution is -0.161. The number of piperazine rings is 1. The van der Waals surface area contributed by atoms with E-state index in [0.29, 0.717) is 18.7 Å². The van der Waals surface area contributed by atoms with E-state index in [4.69, 9.17) is 5.26 Å². The average Bonchev–Trinajstić information content (AvgIpc) is 3.35. The zero-order valence-corrected chi connectivity index (χ0v) is 17.3. The van der Waals surface area contributed by atoms with E-state index in [1.165, 1.54) is 0 Å². The van der Waals surface area contributed by atoms with Gasteiger partial charge in [0.25, 0.3) is 5.91 Å². The van der Waals surface area contributed by atoms with Gasteiger partial charge in [-0.25, -0.2) is 0 Å². The molecule has 0 bridgehead atoms. The first-order valence-corrected chi connectivity index (χ1v) is 10.9. The first-order chi connectivity index (χ1) is 14.6. The molecule has 1 amide bonds. The smallest absolute Gasteiger partial charge is 0.259 e. The van der Waals surface area contributed by atoms with Gasteiger partial charge in [-0.3, -0.25) is 9.69 Å². The Hall–Kier alpha value is -2.68. The Bertz CT molecular complexity index is 909. The van der Waals surface area contributed by atoms with Gasteiger partial charge in [0.1, 0.15) is 0 Å². The molecule has 2 fully saturated rings. The van der Waals surface area contributed by atoms with E-state index in [1.54, 1.807) is 0 Å². The highest BCUT2D eigenvalue weighted by Crippen LogP contribution is 2.42. The Labute approximate surface area is 178 Å². The minimum Gasteiger partial charge on any atom is -0.375 e. The summed E-state index contributed by atoms with van der Waals surface area (Å²) in [5.41, 5.74) is 1.07. The third-order valence-corrected chi connectivity index (χ3v) is 6.61. The van der Waals surface area contributed by atoms with Crippen LogP contribution in [-0.2, 0) is 16.9 Å². The lowest BCUT2D eigenvalue weighted by Crippen LogP contribution is -2.56. The number of nitrogens with zero attached hydrogens (tertiary/aromatic N) is 3. The van der Waals surface area contributed by atoms with E-state index >= 15 is 0 Å². The summed E-state index contributed by atoms with van der Waals surface area (Å²) >= 11 is 0. The van der Waals surface area contributed by atoms with Gasteiger partial charge in [-0.05, 0) is 36.1 Å². The van der Waals surface area contributed by atoms with Crippen molar-refractivity contribution in [2.45, 2.75) is 37.8 Å². The molecule has 30 heavy (non-hydrogen) atoms. The quantitative estimate of drug-likeness (QED) is 0.832. The minimum absolute atomic E-state index is 0.0147. The van der Waals surface area contributed by atoms with Crippen molar-refractivity contribution in [3.63, 3.8) is 0 Å². The first-order valence-electron chi connectivity index (χ1n) is 10.9. The summed E-state index contributed by atoms with van der Waals surface area (Å²) in [6, 6.07) is 19.4. The maximum absolute atomic E-state index is 13.6. The van der Waals surface area contributed by atoms with Crippen molar-refractivity contribution in [3.8, 4) is 6.07 Å². The van der Waals surface area contributed by atoms with E-state index < -0.39 is 5.60 Å². The van der Waals surface area contributed by atoms with Crippen LogP contribution in [0.25, 0.3) is 0 Å². The Morgan fingerprint density at radius 2 is 1.73 bits per heavy atom. The van der Waals surface area contributed by atoms with Crippen LogP contribution in [-0.4, -0.2) is 47.0 Å². The molecule has 2 aromatic carbocycles. The number of benzene rings is 2. The number of carbonyl (C=O) groups is 1. The molecule has 0 spiro atoms. The maximum Gasteiger partial charge on any atom is 0.259 e. The van der Waals surface area contributed by atoms with Crippen LogP contribution in [0.3, 0.4) is 0 Å². The number of carbonyl (C=O) groups excluding carboxylic acids is 1. The third-order valence-electron chi connectivity index (χ3n) is 6.61. The normalized spacial score (nSPS) is 19.9. The van der Waals surface area contributed by atoms with Gasteiger partial charge in [-0.15, -0.1) is 0 Å². The van der Waals surface area contributed by atoms with Crippen molar-refractivity contribution in [1.82, 2.24) is 9.80 Å². The topological polar surface area (TPSA) is 67.6 Å². The highest BCUT2D eigenvalue weighted by Gasteiger charge is 2.48. The zero-order chi connectivity index (χ0) is 21.0. The molecule has 4 rings (SSSR count). The van der Waals surface area contributed by atoms with Gasteiger partial charge in [0.2, 0.25) is 0 Å². The summed E-state index contributed by atoms with van der Waals surface area (Å²) in [5, 5.41) is 20.8. The molecule has 2 aliphatic rings. The molecule has 1 saturated heterocycles. The van der Waals surface area contributed by atoms with Gasteiger partial charge in [-0.2, -0.15) is 5.26 Å². The van der Waals surface area contributed by atoms with E-state index in [2.05, 4.69) is 11.0 Å². The molecule has 1 aliphatic carbocycles. The second kappa shape index (κ2) is 8.99. The Kier molecular flexibility index (Phi) is 6.17. The summed E-state index contributed by atoms with van der Waals surface area (Å²) in [7, 11) is 0. The van der Waals surface area contributed by atoms with Crippen molar-refractivity contribution in [3.05, 3.63) is 71.3 Å². The lowest BCUT2D eigenvalue weighted by Gasteiger charge is -2.41. The molecular weight excluding hydrogens is 374 g/mol. The molecule has 1 aliphatic heterocycles. The number of aliphatic hydroxyl groups is 1. The molecular formula is C25H29N3O2. The molecule has 0 unspecified atom stereocenters. The standard InChI is InChI=1S/C25H29N3O2/c26-18-20-7-6-8-21(17-20)19-27-13-15-28(16-14-27)24(29)25(30,23-11-4-5-12-23)22-9-2-1-3-10-22/h1-3,6-10,17,23,30H,4-5,11-16,19H2/t25-/m0/s1. The fourth-order valence-electron chi connectivity index (χ4n) is 4.92. The van der Waals surface area contributed by atoms with Gasteiger partial charge < -0.3 is 10.0 Å². The summed E-state index contributed by atoms with van der Waals surface area (Å²) < 4.78 is 0. The van der Waals surface area contributed by atoms with Crippen LogP contribution < -0.4 is 0 Å². The summed E-state index contributed by atoms with van der Waals surface area (Å²) in [6.45, 7) is 3.51. The third kappa shape index (κ3) is 4.12. The number of hydrogen-bond acceptors (Lipinski definition) is 4. The Morgan fingerprint density at radius 3 is 2.40 bits per heavy atom. The van der Waals surface area contributed by atoms with Gasteiger partial charge in [0.15, 0.2) is 5.60 Å². The highest BCUT2D eigenvalue weighted by atomic mass is 16.3. The second-order valence-corrected chi connectivity index (χ2v) is 8.49. The van der Waals surface area contributed by atoms with E-state index in [9.17, 15) is 9.90 Å².